The van der Waals surface area contributed by atoms with Crippen molar-refractivity contribution in [2.24, 2.45) is 0 Å². The van der Waals surface area contributed by atoms with E-state index in [1.165, 1.54) is 27.1 Å². The van der Waals surface area contributed by atoms with Crippen molar-refractivity contribution in [1.82, 2.24) is 5.32 Å². The van der Waals surface area contributed by atoms with Crippen molar-refractivity contribution in [3.05, 3.63) is 64.7 Å². The number of nitrogens with one attached hydrogen (secondary N) is 1. The summed E-state index contributed by atoms with van der Waals surface area (Å²) in [6, 6.07) is 15.6. The molecule has 0 heterocycles. The summed E-state index contributed by atoms with van der Waals surface area (Å²) in [6.45, 7) is 4.33. The standard InChI is InChI=1S/C17H21NS/c1-12-9-10-14(11-13(12)2)17(18-3)15-7-5-6-8-16(15)19-4/h5-11,17-18H,1-4H3. The van der Waals surface area contributed by atoms with E-state index in [0.717, 1.165) is 0 Å². The smallest absolute Gasteiger partial charge is 0.0585 e. The quantitative estimate of drug-likeness (QED) is 0.830. The normalized spacial score (nSPS) is 12.4. The lowest BCUT2D eigenvalue weighted by Crippen LogP contribution is -2.18. The number of hydrogen-bond donors (Lipinski definition) is 1. The van der Waals surface area contributed by atoms with E-state index < -0.39 is 0 Å². The van der Waals surface area contributed by atoms with Crippen molar-refractivity contribution < 1.29 is 0 Å². The highest BCUT2D eigenvalue weighted by atomic mass is 32.2. The fraction of sp³-hybridized carbons (Fsp3) is 0.294. The van der Waals surface area contributed by atoms with Gasteiger partial charge in [0.05, 0.1) is 6.04 Å². The lowest BCUT2D eigenvalue weighted by molar-refractivity contribution is 0.679. The average molecular weight is 271 g/mol. The molecule has 0 fully saturated rings. The predicted octanol–water partition coefficient (Wildman–Crippen LogP) is 4.33. The largest absolute Gasteiger partial charge is 0.309 e. The number of thioether (sulfide) groups is 1. The average Bonchev–Trinajstić information content (AvgIpc) is 2.44. The van der Waals surface area contributed by atoms with Crippen LogP contribution in [0.3, 0.4) is 0 Å². The van der Waals surface area contributed by atoms with E-state index in [0.29, 0.717) is 0 Å². The van der Waals surface area contributed by atoms with Crippen LogP contribution in [-0.4, -0.2) is 13.3 Å². The molecule has 1 unspecified atom stereocenters. The summed E-state index contributed by atoms with van der Waals surface area (Å²) in [6.07, 6.45) is 2.13. The molecule has 0 amide bonds. The van der Waals surface area contributed by atoms with Gasteiger partial charge in [-0.1, -0.05) is 36.4 Å². The minimum absolute atomic E-state index is 0.253. The second-order valence-corrected chi connectivity index (χ2v) is 5.66. The highest BCUT2D eigenvalue weighted by molar-refractivity contribution is 7.98. The van der Waals surface area contributed by atoms with Crippen molar-refractivity contribution in [1.29, 1.82) is 0 Å². The van der Waals surface area contributed by atoms with Gasteiger partial charge in [-0.05, 0) is 55.5 Å². The first-order chi connectivity index (χ1) is 9.17. The third kappa shape index (κ3) is 3.02. The van der Waals surface area contributed by atoms with Gasteiger partial charge in [-0.3, -0.25) is 0 Å². The third-order valence-corrected chi connectivity index (χ3v) is 4.41. The van der Waals surface area contributed by atoms with Crippen molar-refractivity contribution in [2.45, 2.75) is 24.8 Å². The first-order valence-electron chi connectivity index (χ1n) is 6.54. The van der Waals surface area contributed by atoms with E-state index in [1.807, 2.05) is 7.05 Å². The molecular weight excluding hydrogens is 250 g/mol. The van der Waals surface area contributed by atoms with Crippen LogP contribution in [0.4, 0.5) is 0 Å². The molecule has 19 heavy (non-hydrogen) atoms. The van der Waals surface area contributed by atoms with Gasteiger partial charge in [0.25, 0.3) is 0 Å². The molecule has 0 aromatic heterocycles. The molecule has 0 aliphatic heterocycles. The molecule has 0 spiro atoms. The molecule has 0 saturated carbocycles. The molecule has 0 radical (unpaired) electrons. The maximum atomic E-state index is 3.44. The van der Waals surface area contributed by atoms with Crippen LogP contribution in [0.2, 0.25) is 0 Å². The minimum Gasteiger partial charge on any atom is -0.309 e. The predicted molar refractivity (Wildman–Crippen MR) is 85.0 cm³/mol. The molecule has 2 heteroatoms. The van der Waals surface area contributed by atoms with Gasteiger partial charge in [-0.25, -0.2) is 0 Å². The summed E-state index contributed by atoms with van der Waals surface area (Å²) in [4.78, 5) is 1.33. The maximum absolute atomic E-state index is 3.44. The fourth-order valence-electron chi connectivity index (χ4n) is 2.35. The lowest BCUT2D eigenvalue weighted by Gasteiger charge is -2.20. The van der Waals surface area contributed by atoms with Gasteiger partial charge in [0, 0.05) is 4.90 Å². The number of benzene rings is 2. The van der Waals surface area contributed by atoms with E-state index in [4.69, 9.17) is 0 Å². The monoisotopic (exact) mass is 271 g/mol. The number of aryl methyl sites for hydroxylation is 2. The molecule has 0 aliphatic carbocycles. The Morgan fingerprint density at radius 2 is 1.74 bits per heavy atom. The van der Waals surface area contributed by atoms with Gasteiger partial charge >= 0.3 is 0 Å². The summed E-state index contributed by atoms with van der Waals surface area (Å²) in [5.74, 6) is 0. The Morgan fingerprint density at radius 3 is 2.37 bits per heavy atom. The zero-order chi connectivity index (χ0) is 13.8. The van der Waals surface area contributed by atoms with Crippen LogP contribution in [0, 0.1) is 13.8 Å². The highest BCUT2D eigenvalue weighted by Gasteiger charge is 2.15. The van der Waals surface area contributed by atoms with E-state index in [9.17, 15) is 0 Å². The van der Waals surface area contributed by atoms with Crippen LogP contribution < -0.4 is 5.32 Å². The Hall–Kier alpha value is -1.25. The SMILES string of the molecule is CNC(c1ccc(C)c(C)c1)c1ccccc1SC. The van der Waals surface area contributed by atoms with Gasteiger partial charge in [0.1, 0.15) is 0 Å². The number of rotatable bonds is 4. The molecule has 0 bridgehead atoms. The third-order valence-electron chi connectivity index (χ3n) is 3.60. The molecule has 2 aromatic carbocycles. The molecule has 0 aliphatic rings. The van der Waals surface area contributed by atoms with E-state index >= 15 is 0 Å². The summed E-state index contributed by atoms with van der Waals surface area (Å²) in [5.41, 5.74) is 5.36. The molecule has 100 valence electrons. The molecule has 1 atom stereocenters. The Kier molecular flexibility index (Phi) is 4.67. The van der Waals surface area contributed by atoms with Crippen LogP contribution in [0.5, 0.6) is 0 Å². The van der Waals surface area contributed by atoms with Crippen molar-refractivity contribution in [3.8, 4) is 0 Å². The summed E-state index contributed by atoms with van der Waals surface area (Å²) >= 11 is 1.80. The lowest BCUT2D eigenvalue weighted by atomic mass is 9.96. The Morgan fingerprint density at radius 1 is 1.00 bits per heavy atom. The molecule has 0 saturated heterocycles. The van der Waals surface area contributed by atoms with Crippen molar-refractivity contribution in [3.63, 3.8) is 0 Å². The van der Waals surface area contributed by atoms with Crippen LogP contribution in [0.15, 0.2) is 47.4 Å². The Bertz CT molecular complexity index is 563. The second kappa shape index (κ2) is 6.27. The highest BCUT2D eigenvalue weighted by Crippen LogP contribution is 2.30. The van der Waals surface area contributed by atoms with Gasteiger partial charge in [0.15, 0.2) is 0 Å². The zero-order valence-corrected chi connectivity index (χ0v) is 12.8. The van der Waals surface area contributed by atoms with Gasteiger partial charge < -0.3 is 5.32 Å². The molecule has 1 N–H and O–H groups in total. The first-order valence-corrected chi connectivity index (χ1v) is 7.77. The summed E-state index contributed by atoms with van der Waals surface area (Å²) in [7, 11) is 2.02. The van der Waals surface area contributed by atoms with Crippen LogP contribution in [0.25, 0.3) is 0 Å². The summed E-state index contributed by atoms with van der Waals surface area (Å²) < 4.78 is 0. The van der Waals surface area contributed by atoms with E-state index in [-0.39, 0.29) is 6.04 Å². The first kappa shape index (κ1) is 14.2. The maximum Gasteiger partial charge on any atom is 0.0585 e. The Labute approximate surface area is 120 Å². The van der Waals surface area contributed by atoms with E-state index in [1.54, 1.807) is 11.8 Å². The van der Waals surface area contributed by atoms with Gasteiger partial charge in [-0.15, -0.1) is 11.8 Å². The summed E-state index contributed by atoms with van der Waals surface area (Å²) in [5, 5.41) is 3.44. The van der Waals surface area contributed by atoms with Crippen molar-refractivity contribution >= 4 is 11.8 Å². The van der Waals surface area contributed by atoms with Crippen LogP contribution in [0.1, 0.15) is 28.3 Å². The minimum atomic E-state index is 0.253. The number of hydrogen-bond acceptors (Lipinski definition) is 2. The molecule has 2 rings (SSSR count). The van der Waals surface area contributed by atoms with Crippen LogP contribution in [-0.2, 0) is 0 Å². The van der Waals surface area contributed by atoms with Gasteiger partial charge in [0.2, 0.25) is 0 Å². The van der Waals surface area contributed by atoms with E-state index in [2.05, 4.69) is 67.9 Å². The molecule has 2 aromatic rings. The fourth-order valence-corrected chi connectivity index (χ4v) is 2.99. The van der Waals surface area contributed by atoms with Crippen LogP contribution >= 0.6 is 11.8 Å². The topological polar surface area (TPSA) is 12.0 Å². The molecule has 1 nitrogen and oxygen atoms in total. The van der Waals surface area contributed by atoms with Crippen molar-refractivity contribution in [2.75, 3.05) is 13.3 Å². The Balaban J connectivity index is 2.46. The van der Waals surface area contributed by atoms with Gasteiger partial charge in [-0.2, -0.15) is 0 Å². The zero-order valence-electron chi connectivity index (χ0n) is 12.0. The second-order valence-electron chi connectivity index (χ2n) is 4.81. The molecular formula is C17H21NS.